The Hall–Kier alpha value is -14.4. The molecular formula is C94H80O30. The van der Waals surface area contributed by atoms with Crippen molar-refractivity contribution in [1.82, 2.24) is 0 Å². The number of esters is 12. The molecule has 0 spiro atoms. The predicted octanol–water partition coefficient (Wildman–Crippen LogP) is 10.9. The SMILES string of the molecule is CC(=O)OC[C@H](OC(C)=O)[C@H]1O[C@H](O)[C@@H](OC(=O)c2ccccc2)[C@@H](O[C@H]2O[C@H]([C@H](COC(=O)c3ccccc3)OC(=O)c3ccccc3)[C@@H](OC(=O)c3ccccc3)[C@H](OC(=O)c3ccccc3)[C@@H]2OC(=O)c2ccccc2)[C@@H]1O[C@@H]1O[C@H](COC(=O)c2ccccc2)[C@@H](OC(=O)c2ccccc2)[C@H](OC(=O)c2ccccc2)[C@H]1OC(=O)c1ccccc1. The lowest BCUT2D eigenvalue weighted by molar-refractivity contribution is -0.387. The quantitative estimate of drug-likeness (QED) is 0.0311. The van der Waals surface area contributed by atoms with Gasteiger partial charge in [0.05, 0.1) is 55.6 Å². The summed E-state index contributed by atoms with van der Waals surface area (Å²) in [6.45, 7) is -1.15. The van der Waals surface area contributed by atoms with Gasteiger partial charge in [0.15, 0.2) is 73.8 Å². The number of hydrogen-bond acceptors (Lipinski definition) is 30. The molecule has 3 heterocycles. The number of aliphatic hydroxyl groups excluding tert-OH is 1. The van der Waals surface area contributed by atoms with Gasteiger partial charge in [-0.05, 0) is 121 Å². The van der Waals surface area contributed by atoms with Crippen LogP contribution >= 0.6 is 0 Å². The van der Waals surface area contributed by atoms with Crippen LogP contribution in [0.3, 0.4) is 0 Å². The highest BCUT2D eigenvalue weighted by atomic mass is 16.8. The number of hydrogen-bond donors (Lipinski definition) is 1. The smallest absolute Gasteiger partial charge is 0.338 e. The van der Waals surface area contributed by atoms with Gasteiger partial charge in [-0.1, -0.05) is 182 Å². The molecule has 0 unspecified atom stereocenters. The third-order valence-corrected chi connectivity index (χ3v) is 19.6. The number of benzene rings is 10. The van der Waals surface area contributed by atoms with Gasteiger partial charge < -0.3 is 85.6 Å². The second-order valence-electron chi connectivity index (χ2n) is 28.0. The Kier molecular flexibility index (Phi) is 29.8. The Balaban J connectivity index is 1.06. The molecule has 3 aliphatic rings. The first kappa shape index (κ1) is 87.4. The van der Waals surface area contributed by atoms with Crippen molar-refractivity contribution in [3.05, 3.63) is 359 Å². The van der Waals surface area contributed by atoms with E-state index < -0.39 is 196 Å². The molecule has 30 nitrogen and oxygen atoms in total. The van der Waals surface area contributed by atoms with E-state index in [1.165, 1.54) is 243 Å². The zero-order chi connectivity index (χ0) is 87.0. The summed E-state index contributed by atoms with van der Waals surface area (Å²) in [5.74, 6) is -13.8. The summed E-state index contributed by atoms with van der Waals surface area (Å²) in [5.41, 5.74) is -1.39. The molecule has 17 atom stereocenters. The van der Waals surface area contributed by atoms with E-state index in [0.717, 1.165) is 13.8 Å². The second kappa shape index (κ2) is 42.2. The van der Waals surface area contributed by atoms with Crippen LogP contribution in [0.25, 0.3) is 0 Å². The third-order valence-electron chi connectivity index (χ3n) is 19.6. The highest BCUT2D eigenvalue weighted by Crippen LogP contribution is 2.42. The van der Waals surface area contributed by atoms with Crippen molar-refractivity contribution in [2.75, 3.05) is 19.8 Å². The summed E-state index contributed by atoms with van der Waals surface area (Å²) in [4.78, 5) is 177. The van der Waals surface area contributed by atoms with Gasteiger partial charge in [-0.25, -0.2) is 47.9 Å². The molecule has 13 rings (SSSR count). The van der Waals surface area contributed by atoms with Gasteiger partial charge in [-0.15, -0.1) is 0 Å². The van der Waals surface area contributed by atoms with Crippen LogP contribution in [0.5, 0.6) is 0 Å². The zero-order valence-corrected chi connectivity index (χ0v) is 66.1. The van der Waals surface area contributed by atoms with Gasteiger partial charge in [-0.3, -0.25) is 9.59 Å². The highest BCUT2D eigenvalue weighted by molar-refractivity contribution is 5.95. The molecular weight excluding hydrogens is 1610 g/mol. The van der Waals surface area contributed by atoms with E-state index in [2.05, 4.69) is 0 Å². The molecule has 3 aliphatic heterocycles. The van der Waals surface area contributed by atoms with Gasteiger partial charge >= 0.3 is 71.6 Å². The second-order valence-corrected chi connectivity index (χ2v) is 28.0. The minimum absolute atomic E-state index is 0.0154. The first-order chi connectivity index (χ1) is 60.2. The maximum absolute atomic E-state index is 15.4. The van der Waals surface area contributed by atoms with E-state index in [1.807, 2.05) is 0 Å². The molecule has 124 heavy (non-hydrogen) atoms. The molecule has 3 fully saturated rings. The van der Waals surface area contributed by atoms with Crippen molar-refractivity contribution >= 4 is 71.6 Å². The van der Waals surface area contributed by atoms with E-state index in [9.17, 15) is 33.9 Å². The largest absolute Gasteiger partial charge is 0.462 e. The van der Waals surface area contributed by atoms with Gasteiger partial charge in [0.2, 0.25) is 0 Å². The minimum atomic E-state index is -2.63. The number of carbonyl (C=O) groups is 12. The van der Waals surface area contributed by atoms with Crippen LogP contribution in [0.1, 0.15) is 117 Å². The fourth-order valence-electron chi connectivity index (χ4n) is 13.6. The fraction of sp³-hybridized carbons (Fsp3) is 0.234. The Labute approximate surface area is 708 Å². The van der Waals surface area contributed by atoms with Crippen molar-refractivity contribution in [2.24, 2.45) is 0 Å². The van der Waals surface area contributed by atoms with Crippen molar-refractivity contribution < 1.29 is 143 Å². The van der Waals surface area contributed by atoms with E-state index >= 15 is 28.8 Å². The van der Waals surface area contributed by atoms with Crippen LogP contribution < -0.4 is 0 Å². The Morgan fingerprint density at radius 2 is 0.524 bits per heavy atom. The summed E-state index contributed by atoms with van der Waals surface area (Å²) < 4.78 is 110. The molecule has 10 aromatic carbocycles. The van der Waals surface area contributed by atoms with Crippen molar-refractivity contribution in [3.63, 3.8) is 0 Å². The molecule has 0 saturated carbocycles. The van der Waals surface area contributed by atoms with Crippen LogP contribution in [0.2, 0.25) is 0 Å². The van der Waals surface area contributed by atoms with Crippen LogP contribution in [0.15, 0.2) is 303 Å². The van der Waals surface area contributed by atoms with Gasteiger partial charge in [0.25, 0.3) is 0 Å². The van der Waals surface area contributed by atoms with Crippen LogP contribution in [0, 0.1) is 0 Å². The standard InChI is InChI=1S/C94H80O30/c1-56(95)108-53-68(111-57(2)96)71-75(123-93-80(120-90(105)66-49-29-11-30-50-66)76(117-87(102)63-43-23-8-24-44-63)72(114-85(100)61-39-19-6-20-40-61)70(113-93)55-110-83(98)59-35-15-4-16-36-59)77(79(92(107)115-71)119-89(104)65-47-27-10-28-48-65)124-94-81(121-91(106)67-51-31-12-32-52-67)78(118-88(103)64-45-25-9-26-46-64)74(116-86(101)62-41-21-7-22-42-62)73(122-94)69(112-84(99)60-37-17-5-18-38-60)54-109-82(97)58-33-13-3-14-34-58/h3-52,68-81,92-94,107H,53-55H2,1-2H3/t68-,69-,70+,71+,72+,73+,74+,75+,76-,77-,78-,79-,80+,81-,92-,93-,94+/m0/s1. The summed E-state index contributed by atoms with van der Waals surface area (Å²) in [6.07, 6.45) is -39.8. The summed E-state index contributed by atoms with van der Waals surface area (Å²) >= 11 is 0. The van der Waals surface area contributed by atoms with Crippen LogP contribution in [-0.4, -0.2) is 201 Å². The van der Waals surface area contributed by atoms with Gasteiger partial charge in [0, 0.05) is 13.8 Å². The normalized spacial score (nSPS) is 22.5. The number of carbonyl (C=O) groups excluding carboxylic acids is 12. The van der Waals surface area contributed by atoms with E-state index in [4.69, 9.17) is 80.5 Å². The molecule has 636 valence electrons. The maximum Gasteiger partial charge on any atom is 0.338 e. The fourth-order valence-corrected chi connectivity index (χ4v) is 13.6. The lowest BCUT2D eigenvalue weighted by atomic mass is 9.92. The molecule has 0 aliphatic carbocycles. The molecule has 30 heteroatoms. The van der Waals surface area contributed by atoms with Crippen LogP contribution in [-0.2, 0) is 90.1 Å². The average Bonchev–Trinajstić information content (AvgIpc) is 0.747. The van der Waals surface area contributed by atoms with Crippen LogP contribution in [0.4, 0.5) is 0 Å². The molecule has 0 amide bonds. The minimum Gasteiger partial charge on any atom is -0.462 e. The van der Waals surface area contributed by atoms with Crippen molar-refractivity contribution in [3.8, 4) is 0 Å². The number of rotatable bonds is 31. The van der Waals surface area contributed by atoms with E-state index in [-0.39, 0.29) is 55.6 Å². The van der Waals surface area contributed by atoms with Crippen molar-refractivity contribution in [2.45, 2.75) is 118 Å². The molecule has 10 aromatic rings. The lowest BCUT2D eigenvalue weighted by Crippen LogP contribution is -2.70. The Morgan fingerprint density at radius 3 is 0.879 bits per heavy atom. The summed E-state index contributed by atoms with van der Waals surface area (Å²) in [6, 6.07) is 72.8. The first-order valence-corrected chi connectivity index (χ1v) is 39.0. The first-order valence-electron chi connectivity index (χ1n) is 39.0. The van der Waals surface area contributed by atoms with Gasteiger partial charge in [0.1, 0.15) is 50.3 Å². The number of ether oxygens (including phenoxy) is 17. The van der Waals surface area contributed by atoms with Gasteiger partial charge in [-0.2, -0.15) is 0 Å². The topological polar surface area (TPSA) is 382 Å². The maximum atomic E-state index is 15.4. The van der Waals surface area contributed by atoms with E-state index in [0.29, 0.717) is 0 Å². The molecule has 0 radical (unpaired) electrons. The zero-order valence-electron chi connectivity index (χ0n) is 66.1. The van der Waals surface area contributed by atoms with E-state index in [1.54, 1.807) is 60.7 Å². The Morgan fingerprint density at radius 1 is 0.258 bits per heavy atom. The average molecular weight is 1690 g/mol. The highest BCUT2D eigenvalue weighted by Gasteiger charge is 2.63. The molecule has 3 saturated heterocycles. The summed E-state index contributed by atoms with van der Waals surface area (Å²) in [5, 5.41) is 13.1. The molecule has 0 aromatic heterocycles. The number of aliphatic hydroxyl groups is 1. The summed E-state index contributed by atoms with van der Waals surface area (Å²) in [7, 11) is 0. The van der Waals surface area contributed by atoms with Crippen molar-refractivity contribution in [1.29, 1.82) is 0 Å². The Bertz CT molecular complexity index is 5300. The third kappa shape index (κ3) is 22.6. The monoisotopic (exact) mass is 1690 g/mol. The predicted molar refractivity (Wildman–Crippen MR) is 429 cm³/mol. The molecule has 0 bridgehead atoms. The molecule has 1 N–H and O–H groups in total. The lowest BCUT2D eigenvalue weighted by Gasteiger charge is -2.51.